The van der Waals surface area contributed by atoms with E-state index in [0.29, 0.717) is 18.7 Å². The molecule has 35 heavy (non-hydrogen) atoms. The van der Waals surface area contributed by atoms with Crippen molar-refractivity contribution in [2.75, 3.05) is 13.2 Å². The summed E-state index contributed by atoms with van der Waals surface area (Å²) < 4.78 is 7.85. The Hall–Kier alpha value is -2.64. The Morgan fingerprint density at radius 1 is 0.943 bits per heavy atom. The summed E-state index contributed by atoms with van der Waals surface area (Å²) in [4.78, 5) is 28.4. The van der Waals surface area contributed by atoms with E-state index in [0.717, 1.165) is 31.2 Å². The van der Waals surface area contributed by atoms with Gasteiger partial charge >= 0.3 is 0 Å². The van der Waals surface area contributed by atoms with Gasteiger partial charge in [0.05, 0.1) is 0 Å². The van der Waals surface area contributed by atoms with Crippen LogP contribution in [0.1, 0.15) is 29.2 Å². The Bertz CT molecular complexity index is 1140. The van der Waals surface area contributed by atoms with E-state index in [2.05, 4.69) is 37.2 Å². The molecule has 1 N–H and O–H groups in total. The van der Waals surface area contributed by atoms with Gasteiger partial charge in [-0.05, 0) is 67.3 Å². The monoisotopic (exact) mass is 600 g/mol. The Morgan fingerprint density at radius 2 is 1.60 bits per heavy atom. The molecule has 0 aliphatic rings. The van der Waals surface area contributed by atoms with Crippen LogP contribution in [-0.2, 0) is 22.6 Å². The van der Waals surface area contributed by atoms with Crippen LogP contribution in [0.15, 0.2) is 75.7 Å². The molecule has 0 saturated heterocycles. The number of nitrogens with zero attached hydrogens (tertiary/aromatic N) is 1. The number of carbonyl (C=O) groups excluding carboxylic acids is 2. The van der Waals surface area contributed by atoms with E-state index < -0.39 is 6.04 Å². The Labute approximate surface area is 224 Å². The molecular weight excluding hydrogens is 572 g/mol. The van der Waals surface area contributed by atoms with E-state index in [1.165, 1.54) is 0 Å². The average Bonchev–Trinajstić information content (AvgIpc) is 2.84. The fourth-order valence-corrected chi connectivity index (χ4v) is 4.57. The quantitative estimate of drug-likeness (QED) is 0.311. The van der Waals surface area contributed by atoms with Crippen LogP contribution in [-0.4, -0.2) is 35.9 Å². The molecule has 0 aliphatic heterocycles. The highest BCUT2D eigenvalue weighted by molar-refractivity contribution is 9.10. The van der Waals surface area contributed by atoms with Gasteiger partial charge in [0, 0.05) is 28.5 Å². The minimum Gasteiger partial charge on any atom is -0.484 e. The third-order valence-electron chi connectivity index (χ3n) is 5.64. The summed E-state index contributed by atoms with van der Waals surface area (Å²) in [6, 6.07) is 20.6. The normalized spacial score (nSPS) is 11.6. The minimum atomic E-state index is -0.680. The molecule has 0 aliphatic carbocycles. The molecule has 184 valence electrons. The van der Waals surface area contributed by atoms with E-state index in [1.54, 1.807) is 4.90 Å². The molecule has 0 heterocycles. The molecule has 0 spiro atoms. The SMILES string of the molecule is CCNC(=O)[C@H](Cc1ccccc1)N(Cc1cccc(Br)c1)C(=O)COc1cc(C)c(Br)c(C)c1. The van der Waals surface area contributed by atoms with Crippen LogP contribution in [0.5, 0.6) is 5.75 Å². The molecule has 3 rings (SSSR count). The van der Waals surface area contributed by atoms with Crippen molar-refractivity contribution in [3.05, 3.63) is 97.9 Å². The van der Waals surface area contributed by atoms with Gasteiger partial charge in [0.1, 0.15) is 11.8 Å². The number of nitrogens with one attached hydrogen (secondary N) is 1. The number of amides is 2. The number of benzene rings is 3. The fourth-order valence-electron chi connectivity index (χ4n) is 3.90. The predicted octanol–water partition coefficient (Wildman–Crippen LogP) is 5.98. The second kappa shape index (κ2) is 12.9. The van der Waals surface area contributed by atoms with Crippen LogP contribution in [0.4, 0.5) is 0 Å². The lowest BCUT2D eigenvalue weighted by Gasteiger charge is -2.31. The van der Waals surface area contributed by atoms with Gasteiger partial charge in [-0.1, -0.05) is 74.3 Å². The highest BCUT2D eigenvalue weighted by Crippen LogP contribution is 2.26. The molecule has 5 nitrogen and oxygen atoms in total. The number of aryl methyl sites for hydroxylation is 2. The second-order valence-electron chi connectivity index (χ2n) is 8.41. The molecule has 0 radical (unpaired) electrons. The van der Waals surface area contributed by atoms with E-state index in [4.69, 9.17) is 4.74 Å². The zero-order chi connectivity index (χ0) is 25.4. The van der Waals surface area contributed by atoms with E-state index >= 15 is 0 Å². The maximum atomic E-state index is 13.6. The zero-order valence-electron chi connectivity index (χ0n) is 20.2. The molecule has 2 amide bonds. The van der Waals surface area contributed by atoms with E-state index in [1.807, 2.05) is 87.5 Å². The number of hydrogen-bond donors (Lipinski definition) is 1. The summed E-state index contributed by atoms with van der Waals surface area (Å²) in [6.07, 6.45) is 0.406. The first-order valence-corrected chi connectivity index (χ1v) is 13.1. The summed E-state index contributed by atoms with van der Waals surface area (Å²) >= 11 is 7.06. The maximum Gasteiger partial charge on any atom is 0.261 e. The average molecular weight is 602 g/mol. The molecule has 3 aromatic carbocycles. The van der Waals surface area contributed by atoms with Crippen molar-refractivity contribution in [1.29, 1.82) is 0 Å². The lowest BCUT2D eigenvalue weighted by Crippen LogP contribution is -2.51. The number of likely N-dealkylation sites (N-methyl/N-ethyl adjacent to an activating group) is 1. The zero-order valence-corrected chi connectivity index (χ0v) is 23.4. The molecule has 0 saturated carbocycles. The van der Waals surface area contributed by atoms with Crippen molar-refractivity contribution >= 4 is 43.7 Å². The van der Waals surface area contributed by atoms with Crippen LogP contribution in [0.25, 0.3) is 0 Å². The predicted molar refractivity (Wildman–Crippen MR) is 146 cm³/mol. The largest absolute Gasteiger partial charge is 0.484 e. The lowest BCUT2D eigenvalue weighted by atomic mass is 10.0. The van der Waals surface area contributed by atoms with Gasteiger partial charge in [0.15, 0.2) is 6.61 Å². The molecule has 0 bridgehead atoms. The first kappa shape index (κ1) is 27.0. The van der Waals surface area contributed by atoms with Gasteiger partial charge in [-0.15, -0.1) is 0 Å². The van der Waals surface area contributed by atoms with Crippen LogP contribution in [0.2, 0.25) is 0 Å². The summed E-state index contributed by atoms with van der Waals surface area (Å²) in [6.45, 7) is 6.44. The van der Waals surface area contributed by atoms with Crippen LogP contribution >= 0.6 is 31.9 Å². The van der Waals surface area contributed by atoms with Gasteiger partial charge in [-0.2, -0.15) is 0 Å². The van der Waals surface area contributed by atoms with Crippen molar-refractivity contribution in [3.8, 4) is 5.75 Å². The third kappa shape index (κ3) is 7.67. The smallest absolute Gasteiger partial charge is 0.261 e. The number of hydrogen-bond acceptors (Lipinski definition) is 3. The van der Waals surface area contributed by atoms with Gasteiger partial charge in [-0.25, -0.2) is 0 Å². The lowest BCUT2D eigenvalue weighted by molar-refractivity contribution is -0.142. The van der Waals surface area contributed by atoms with Gasteiger partial charge in [-0.3, -0.25) is 9.59 Å². The van der Waals surface area contributed by atoms with Gasteiger partial charge in [0.2, 0.25) is 5.91 Å². The van der Waals surface area contributed by atoms with Crippen molar-refractivity contribution in [3.63, 3.8) is 0 Å². The second-order valence-corrected chi connectivity index (χ2v) is 10.1. The van der Waals surface area contributed by atoms with Crippen molar-refractivity contribution < 1.29 is 14.3 Å². The van der Waals surface area contributed by atoms with Crippen LogP contribution in [0, 0.1) is 13.8 Å². The highest BCUT2D eigenvalue weighted by Gasteiger charge is 2.30. The molecule has 0 unspecified atom stereocenters. The Balaban J connectivity index is 1.90. The number of ether oxygens (including phenoxy) is 1. The third-order valence-corrected chi connectivity index (χ3v) is 7.38. The van der Waals surface area contributed by atoms with E-state index in [-0.39, 0.29) is 25.0 Å². The molecule has 1 atom stereocenters. The van der Waals surface area contributed by atoms with Crippen molar-refractivity contribution in [2.24, 2.45) is 0 Å². The molecule has 0 aromatic heterocycles. The van der Waals surface area contributed by atoms with E-state index in [9.17, 15) is 9.59 Å². The number of halogens is 2. The summed E-state index contributed by atoms with van der Waals surface area (Å²) in [5, 5.41) is 2.91. The van der Waals surface area contributed by atoms with Crippen LogP contribution in [0.3, 0.4) is 0 Å². The van der Waals surface area contributed by atoms with Gasteiger partial charge in [0.25, 0.3) is 5.91 Å². The number of rotatable bonds is 10. The summed E-state index contributed by atoms with van der Waals surface area (Å²) in [5.41, 5.74) is 3.96. The Morgan fingerprint density at radius 3 is 2.23 bits per heavy atom. The van der Waals surface area contributed by atoms with Gasteiger partial charge < -0.3 is 15.0 Å². The summed E-state index contributed by atoms with van der Waals surface area (Å²) in [5.74, 6) is 0.182. The molecule has 0 fully saturated rings. The molecular formula is C28H30Br2N2O3. The standard InChI is InChI=1S/C28H30Br2N2O3/c1-4-31-28(34)25(16-21-9-6-5-7-10-21)32(17-22-11-8-12-23(29)15-22)26(33)18-35-24-13-19(2)27(30)20(3)14-24/h5-15,25H,4,16-18H2,1-3H3,(H,31,34)/t25-/m0/s1. The summed E-state index contributed by atoms with van der Waals surface area (Å²) in [7, 11) is 0. The fraction of sp³-hybridized carbons (Fsp3) is 0.286. The topological polar surface area (TPSA) is 58.6 Å². The van der Waals surface area contributed by atoms with Crippen molar-refractivity contribution in [1.82, 2.24) is 10.2 Å². The molecule has 3 aromatic rings. The van der Waals surface area contributed by atoms with Crippen LogP contribution < -0.4 is 10.1 Å². The minimum absolute atomic E-state index is 0.167. The highest BCUT2D eigenvalue weighted by atomic mass is 79.9. The molecule has 7 heteroatoms. The first-order valence-electron chi connectivity index (χ1n) is 11.5. The number of carbonyl (C=O) groups is 2. The first-order chi connectivity index (χ1) is 16.8. The maximum absolute atomic E-state index is 13.6. The Kier molecular flexibility index (Phi) is 9.93. The van der Waals surface area contributed by atoms with Crippen molar-refractivity contribution in [2.45, 2.75) is 39.8 Å².